The average Bonchev–Trinajstić information content (AvgIpc) is 2.92. The highest BCUT2D eigenvalue weighted by atomic mass is 35.5. The molecular formula is C28H21ClFN5O3. The average molecular weight is 530 g/mol. The third kappa shape index (κ3) is 4.35. The summed E-state index contributed by atoms with van der Waals surface area (Å²) in [7, 11) is 0. The van der Waals surface area contributed by atoms with Gasteiger partial charge in [0, 0.05) is 42.2 Å². The number of aromatic hydroxyl groups is 1. The Morgan fingerprint density at radius 1 is 1.13 bits per heavy atom. The summed E-state index contributed by atoms with van der Waals surface area (Å²) in [5.41, 5.74) is 0.582. The van der Waals surface area contributed by atoms with Crippen molar-refractivity contribution in [3.05, 3.63) is 94.1 Å². The number of benzene rings is 3. The second-order valence-corrected chi connectivity index (χ2v) is 9.12. The van der Waals surface area contributed by atoms with Gasteiger partial charge in [0.25, 0.3) is 0 Å². The van der Waals surface area contributed by atoms with Crippen LogP contribution < -0.4 is 10.6 Å². The Morgan fingerprint density at radius 3 is 2.55 bits per heavy atom. The van der Waals surface area contributed by atoms with E-state index in [1.54, 1.807) is 41.3 Å². The fourth-order valence-corrected chi connectivity index (χ4v) is 4.93. The molecule has 190 valence electrons. The van der Waals surface area contributed by atoms with E-state index in [-0.39, 0.29) is 27.8 Å². The normalized spacial score (nSPS) is 13.4. The van der Waals surface area contributed by atoms with Crippen molar-refractivity contribution in [2.45, 2.75) is 0 Å². The quantitative estimate of drug-likeness (QED) is 0.396. The molecule has 1 aliphatic heterocycles. The predicted octanol–water partition coefficient (Wildman–Crippen LogP) is 4.26. The molecule has 0 saturated carbocycles. The maximum Gasteiger partial charge on any atom is 0.354 e. The molecule has 4 aromatic rings. The Morgan fingerprint density at radius 2 is 1.87 bits per heavy atom. The van der Waals surface area contributed by atoms with E-state index in [9.17, 15) is 24.3 Å². The molecule has 0 unspecified atom stereocenters. The smallest absolute Gasteiger partial charge is 0.354 e. The summed E-state index contributed by atoms with van der Waals surface area (Å²) in [5.74, 6) is -0.782. The first-order valence-corrected chi connectivity index (χ1v) is 12.1. The summed E-state index contributed by atoms with van der Waals surface area (Å²) in [6.07, 6.45) is 1.26. The standard InChI is InChI=1S/C28H21ClFN5O3/c1-2-25(37)33-9-11-34(12-10-33)27-20-14-21(29)19(26-22(30)7-4-8-24(26)36)15-23(20)35(28(38)32-27)18-6-3-5-17(13-18)16-31/h2-8,13-15,36H,1,9-12H2. The van der Waals surface area contributed by atoms with Crippen molar-refractivity contribution < 1.29 is 14.3 Å². The van der Waals surface area contributed by atoms with Crippen LogP contribution >= 0.6 is 11.6 Å². The molecule has 0 radical (unpaired) electrons. The van der Waals surface area contributed by atoms with Crippen molar-refractivity contribution in [2.75, 3.05) is 31.1 Å². The molecule has 8 nitrogen and oxygen atoms in total. The first-order valence-electron chi connectivity index (χ1n) is 11.7. The van der Waals surface area contributed by atoms with Gasteiger partial charge in [0.05, 0.1) is 28.4 Å². The summed E-state index contributed by atoms with van der Waals surface area (Å²) < 4.78 is 16.2. The molecule has 1 amide bonds. The number of nitrogens with zero attached hydrogens (tertiary/aromatic N) is 5. The number of rotatable bonds is 4. The van der Waals surface area contributed by atoms with Crippen LogP contribution in [0, 0.1) is 17.1 Å². The van der Waals surface area contributed by atoms with Gasteiger partial charge in [-0.15, -0.1) is 0 Å². The van der Waals surface area contributed by atoms with E-state index in [2.05, 4.69) is 17.6 Å². The number of carbonyl (C=O) groups is 1. The lowest BCUT2D eigenvalue weighted by atomic mass is 10.0. The highest BCUT2D eigenvalue weighted by Gasteiger charge is 2.25. The largest absolute Gasteiger partial charge is 0.507 e. The molecule has 1 aliphatic rings. The lowest BCUT2D eigenvalue weighted by Gasteiger charge is -2.35. The molecule has 1 saturated heterocycles. The highest BCUT2D eigenvalue weighted by Crippen LogP contribution is 2.40. The van der Waals surface area contributed by atoms with Gasteiger partial charge in [-0.05, 0) is 48.5 Å². The Balaban J connectivity index is 1.76. The predicted molar refractivity (Wildman–Crippen MR) is 143 cm³/mol. The molecule has 38 heavy (non-hydrogen) atoms. The van der Waals surface area contributed by atoms with Crippen molar-refractivity contribution in [3.8, 4) is 28.6 Å². The number of halogens is 2. The zero-order valence-corrected chi connectivity index (χ0v) is 20.8. The van der Waals surface area contributed by atoms with Gasteiger partial charge in [-0.1, -0.05) is 30.3 Å². The second kappa shape index (κ2) is 10.00. The summed E-state index contributed by atoms with van der Waals surface area (Å²) in [5, 5.41) is 20.5. The monoisotopic (exact) mass is 529 g/mol. The zero-order valence-electron chi connectivity index (χ0n) is 20.1. The van der Waals surface area contributed by atoms with Gasteiger partial charge in [-0.25, -0.2) is 9.18 Å². The van der Waals surface area contributed by atoms with Gasteiger partial charge in [-0.3, -0.25) is 9.36 Å². The number of phenols is 1. The number of piperazine rings is 1. The van der Waals surface area contributed by atoms with E-state index in [0.29, 0.717) is 54.2 Å². The van der Waals surface area contributed by atoms with Gasteiger partial charge < -0.3 is 14.9 Å². The minimum Gasteiger partial charge on any atom is -0.507 e. The fraction of sp³-hybridized carbons (Fsp3) is 0.143. The highest BCUT2D eigenvalue weighted by molar-refractivity contribution is 6.34. The summed E-state index contributed by atoms with van der Waals surface area (Å²) in [6, 6.07) is 15.6. The SMILES string of the molecule is C=CC(=O)N1CCN(c2nc(=O)n(-c3cccc(C#N)c3)c3cc(-c4c(O)cccc4F)c(Cl)cc23)CC1. The number of aromatic nitrogens is 2. The number of nitriles is 1. The first-order chi connectivity index (χ1) is 18.3. The third-order valence-electron chi connectivity index (χ3n) is 6.52. The van der Waals surface area contributed by atoms with E-state index in [1.165, 1.54) is 28.8 Å². The van der Waals surface area contributed by atoms with Gasteiger partial charge in [0.2, 0.25) is 5.91 Å². The van der Waals surface area contributed by atoms with Crippen LogP contribution in [-0.4, -0.2) is 51.6 Å². The number of hydrogen-bond acceptors (Lipinski definition) is 6. The topological polar surface area (TPSA) is 102 Å². The van der Waals surface area contributed by atoms with Crippen molar-refractivity contribution in [3.63, 3.8) is 0 Å². The summed E-state index contributed by atoms with van der Waals surface area (Å²) in [6.45, 7) is 5.20. The zero-order chi connectivity index (χ0) is 27.0. The number of anilines is 1. The molecule has 1 fully saturated rings. The van der Waals surface area contributed by atoms with Crippen LogP contribution in [0.5, 0.6) is 5.75 Å². The number of fused-ring (bicyclic) bond motifs is 1. The Bertz CT molecular complexity index is 1680. The molecule has 0 aliphatic carbocycles. The maximum absolute atomic E-state index is 14.8. The Kier molecular flexibility index (Phi) is 6.57. The van der Waals surface area contributed by atoms with Crippen LogP contribution in [0.15, 0.2) is 72.0 Å². The van der Waals surface area contributed by atoms with Crippen LogP contribution in [0.25, 0.3) is 27.7 Å². The van der Waals surface area contributed by atoms with Crippen molar-refractivity contribution in [1.82, 2.24) is 14.5 Å². The number of hydrogen-bond donors (Lipinski definition) is 1. The molecule has 3 aromatic carbocycles. The molecule has 1 N–H and O–H groups in total. The van der Waals surface area contributed by atoms with Crippen molar-refractivity contribution in [2.24, 2.45) is 0 Å². The molecule has 5 rings (SSSR count). The van der Waals surface area contributed by atoms with Crippen LogP contribution in [0.2, 0.25) is 5.02 Å². The van der Waals surface area contributed by atoms with Gasteiger partial charge in [-0.2, -0.15) is 10.2 Å². The van der Waals surface area contributed by atoms with Crippen LogP contribution in [0.1, 0.15) is 5.56 Å². The lowest BCUT2D eigenvalue weighted by Crippen LogP contribution is -2.49. The summed E-state index contributed by atoms with van der Waals surface area (Å²) >= 11 is 6.64. The van der Waals surface area contributed by atoms with Gasteiger partial charge in [0.15, 0.2) is 0 Å². The lowest BCUT2D eigenvalue weighted by molar-refractivity contribution is -0.126. The Labute approximate surface area is 222 Å². The molecule has 10 heteroatoms. The molecular weight excluding hydrogens is 509 g/mol. The molecule has 2 heterocycles. The molecule has 1 aromatic heterocycles. The van der Waals surface area contributed by atoms with Crippen LogP contribution in [0.3, 0.4) is 0 Å². The maximum atomic E-state index is 14.8. The number of amides is 1. The third-order valence-corrected chi connectivity index (χ3v) is 6.83. The van der Waals surface area contributed by atoms with Crippen molar-refractivity contribution >= 4 is 34.2 Å². The Hall–Kier alpha value is -4.68. The van der Waals surface area contributed by atoms with Gasteiger partial charge in [0.1, 0.15) is 17.4 Å². The first kappa shape index (κ1) is 25.0. The second-order valence-electron chi connectivity index (χ2n) is 8.72. The number of carbonyl (C=O) groups excluding carboxylic acids is 1. The summed E-state index contributed by atoms with van der Waals surface area (Å²) in [4.78, 5) is 33.4. The fourth-order valence-electron chi connectivity index (χ4n) is 4.67. The minimum absolute atomic E-state index is 0.0981. The van der Waals surface area contributed by atoms with Crippen molar-refractivity contribution in [1.29, 1.82) is 5.26 Å². The van der Waals surface area contributed by atoms with Gasteiger partial charge >= 0.3 is 5.69 Å². The minimum atomic E-state index is -0.677. The van der Waals surface area contributed by atoms with E-state index in [1.807, 2.05) is 4.90 Å². The van der Waals surface area contributed by atoms with E-state index in [4.69, 9.17) is 11.6 Å². The van der Waals surface area contributed by atoms with E-state index in [0.717, 1.165) is 0 Å². The number of phenolic OH excluding ortho intramolecular Hbond substituents is 1. The van der Waals surface area contributed by atoms with Crippen LogP contribution in [-0.2, 0) is 4.79 Å². The molecule has 0 atom stereocenters. The van der Waals surface area contributed by atoms with Crippen LogP contribution in [0.4, 0.5) is 10.2 Å². The molecule has 0 spiro atoms. The van der Waals surface area contributed by atoms with E-state index >= 15 is 0 Å². The molecule has 0 bridgehead atoms. The van der Waals surface area contributed by atoms with E-state index < -0.39 is 11.5 Å².